The predicted octanol–water partition coefficient (Wildman–Crippen LogP) is 2.78. The van der Waals surface area contributed by atoms with E-state index < -0.39 is 16.1 Å². The van der Waals surface area contributed by atoms with Crippen LogP contribution in [-0.2, 0) is 21.2 Å². The first-order valence-corrected chi connectivity index (χ1v) is 10.9. The van der Waals surface area contributed by atoms with Gasteiger partial charge in [-0.05, 0) is 55.5 Å². The van der Waals surface area contributed by atoms with Gasteiger partial charge in [-0.15, -0.1) is 0 Å². The number of sulfonamides is 1. The van der Waals surface area contributed by atoms with E-state index in [0.29, 0.717) is 19.4 Å². The van der Waals surface area contributed by atoms with E-state index in [9.17, 15) is 13.2 Å². The van der Waals surface area contributed by atoms with Crippen LogP contribution in [0.5, 0.6) is 0 Å². The summed E-state index contributed by atoms with van der Waals surface area (Å²) >= 11 is 0. The Kier molecular flexibility index (Phi) is 7.71. The van der Waals surface area contributed by atoms with E-state index in [2.05, 4.69) is 9.71 Å². The van der Waals surface area contributed by atoms with Crippen LogP contribution < -0.4 is 4.72 Å². The number of aryl methyl sites for hydroxylation is 1. The Bertz CT molecular complexity index is 866. The van der Waals surface area contributed by atoms with Crippen LogP contribution in [0, 0.1) is 12.8 Å². The Morgan fingerprint density at radius 2 is 1.71 bits per heavy atom. The molecule has 1 aromatic heterocycles. The van der Waals surface area contributed by atoms with E-state index in [-0.39, 0.29) is 16.7 Å². The number of likely N-dealkylation sites (N-methyl/N-ethyl adjacent to an activating group) is 1. The topological polar surface area (TPSA) is 79.4 Å². The minimum Gasteiger partial charge on any atom is -0.344 e. The monoisotopic (exact) mass is 403 g/mol. The molecule has 1 atom stereocenters. The fourth-order valence-electron chi connectivity index (χ4n) is 2.87. The molecule has 0 spiro atoms. The summed E-state index contributed by atoms with van der Waals surface area (Å²) in [7, 11) is -2.07. The molecule has 0 aliphatic heterocycles. The quantitative estimate of drug-likeness (QED) is 0.698. The summed E-state index contributed by atoms with van der Waals surface area (Å²) in [5, 5.41) is 0. The number of pyridine rings is 1. The Morgan fingerprint density at radius 3 is 2.29 bits per heavy atom. The third-order valence-corrected chi connectivity index (χ3v) is 5.98. The maximum absolute atomic E-state index is 12.9. The number of nitrogens with zero attached hydrogens (tertiary/aromatic N) is 2. The number of aromatic nitrogens is 1. The van der Waals surface area contributed by atoms with Crippen molar-refractivity contribution in [2.45, 2.75) is 44.6 Å². The van der Waals surface area contributed by atoms with Gasteiger partial charge in [-0.3, -0.25) is 9.78 Å². The fraction of sp³-hybridized carbons (Fsp3) is 0.429. The molecule has 0 saturated carbocycles. The molecule has 2 aromatic rings. The van der Waals surface area contributed by atoms with Crippen molar-refractivity contribution >= 4 is 15.9 Å². The minimum atomic E-state index is -3.77. The number of nitrogens with one attached hydrogen (secondary N) is 1. The minimum absolute atomic E-state index is 0.166. The Balaban J connectivity index is 2.10. The van der Waals surface area contributed by atoms with Crippen molar-refractivity contribution in [2.24, 2.45) is 5.92 Å². The lowest BCUT2D eigenvalue weighted by molar-refractivity contribution is -0.132. The van der Waals surface area contributed by atoms with Gasteiger partial charge in [0.05, 0.1) is 4.90 Å². The summed E-state index contributed by atoms with van der Waals surface area (Å²) in [6, 6.07) is 9.62. The molecule has 1 heterocycles. The molecule has 6 nitrogen and oxygen atoms in total. The lowest BCUT2D eigenvalue weighted by Crippen LogP contribution is -2.48. The van der Waals surface area contributed by atoms with Crippen molar-refractivity contribution in [1.82, 2.24) is 14.6 Å². The third kappa shape index (κ3) is 6.42. The van der Waals surface area contributed by atoms with Crippen molar-refractivity contribution in [3.8, 4) is 0 Å². The summed E-state index contributed by atoms with van der Waals surface area (Å²) in [6.07, 6.45) is 4.55. The average molecular weight is 404 g/mol. The molecule has 0 radical (unpaired) electrons. The molecule has 0 unspecified atom stereocenters. The lowest BCUT2D eigenvalue weighted by Gasteiger charge is -2.26. The van der Waals surface area contributed by atoms with E-state index in [4.69, 9.17) is 0 Å². The van der Waals surface area contributed by atoms with Gasteiger partial charge in [0.25, 0.3) is 0 Å². The first kappa shape index (κ1) is 22.0. The Morgan fingerprint density at radius 1 is 1.11 bits per heavy atom. The van der Waals surface area contributed by atoms with Crippen LogP contribution >= 0.6 is 0 Å². The van der Waals surface area contributed by atoms with E-state index in [1.165, 1.54) is 0 Å². The van der Waals surface area contributed by atoms with Crippen LogP contribution in [-0.4, -0.2) is 43.8 Å². The maximum atomic E-state index is 12.9. The summed E-state index contributed by atoms with van der Waals surface area (Å²) in [6.45, 7) is 6.34. The molecule has 1 amide bonds. The van der Waals surface area contributed by atoms with Crippen LogP contribution in [0.15, 0.2) is 53.7 Å². The fourth-order valence-corrected chi connectivity index (χ4v) is 4.07. The summed E-state index contributed by atoms with van der Waals surface area (Å²) in [5.74, 6) is -0.0540. The van der Waals surface area contributed by atoms with Gasteiger partial charge in [0.1, 0.15) is 6.04 Å². The zero-order valence-electron chi connectivity index (χ0n) is 16.9. The molecule has 0 saturated heterocycles. The molecule has 0 aliphatic carbocycles. The molecule has 7 heteroatoms. The summed E-state index contributed by atoms with van der Waals surface area (Å²) in [4.78, 5) is 18.7. The molecular weight excluding hydrogens is 374 g/mol. The predicted molar refractivity (Wildman–Crippen MR) is 110 cm³/mol. The highest BCUT2D eigenvalue weighted by molar-refractivity contribution is 7.89. The van der Waals surface area contributed by atoms with E-state index in [1.807, 2.05) is 32.9 Å². The van der Waals surface area contributed by atoms with Gasteiger partial charge in [-0.1, -0.05) is 31.5 Å². The smallest absolute Gasteiger partial charge is 0.241 e. The van der Waals surface area contributed by atoms with E-state index in [1.54, 1.807) is 48.6 Å². The zero-order valence-corrected chi connectivity index (χ0v) is 17.7. The highest BCUT2D eigenvalue weighted by atomic mass is 32.2. The molecule has 2 rings (SSSR count). The molecule has 28 heavy (non-hydrogen) atoms. The Labute approximate surface area is 168 Å². The van der Waals surface area contributed by atoms with Crippen LogP contribution in [0.1, 0.15) is 31.4 Å². The molecule has 1 N–H and O–H groups in total. The zero-order chi connectivity index (χ0) is 20.7. The van der Waals surface area contributed by atoms with Crippen LogP contribution in [0.3, 0.4) is 0 Å². The van der Waals surface area contributed by atoms with Crippen molar-refractivity contribution in [1.29, 1.82) is 0 Å². The van der Waals surface area contributed by atoms with Gasteiger partial charge in [-0.25, -0.2) is 8.42 Å². The first-order chi connectivity index (χ1) is 13.2. The SMILES string of the molecule is Cc1ccc(S(=O)(=O)N[C@@H](CC(C)C)C(=O)N(C)CCc2ccncc2)cc1. The van der Waals surface area contributed by atoms with Crippen LogP contribution in [0.25, 0.3) is 0 Å². The first-order valence-electron chi connectivity index (χ1n) is 9.42. The van der Waals surface area contributed by atoms with Gasteiger partial charge in [0.2, 0.25) is 15.9 Å². The maximum Gasteiger partial charge on any atom is 0.241 e. The number of carbonyl (C=O) groups excluding carboxylic acids is 1. The molecule has 0 bridgehead atoms. The van der Waals surface area contributed by atoms with Gasteiger partial charge < -0.3 is 4.90 Å². The Hall–Kier alpha value is -2.25. The van der Waals surface area contributed by atoms with Gasteiger partial charge >= 0.3 is 0 Å². The van der Waals surface area contributed by atoms with E-state index >= 15 is 0 Å². The second-order valence-corrected chi connectivity index (χ2v) is 9.20. The lowest BCUT2D eigenvalue weighted by atomic mass is 10.0. The number of rotatable bonds is 9. The molecule has 0 aliphatic rings. The van der Waals surface area contributed by atoms with Gasteiger partial charge in [0.15, 0.2) is 0 Å². The van der Waals surface area contributed by atoms with Crippen LogP contribution in [0.2, 0.25) is 0 Å². The van der Waals surface area contributed by atoms with Crippen molar-refractivity contribution in [3.63, 3.8) is 0 Å². The number of carbonyl (C=O) groups is 1. The van der Waals surface area contributed by atoms with Crippen molar-refractivity contribution in [2.75, 3.05) is 13.6 Å². The highest BCUT2D eigenvalue weighted by Gasteiger charge is 2.28. The van der Waals surface area contributed by atoms with Crippen molar-refractivity contribution < 1.29 is 13.2 Å². The number of hydrogen-bond donors (Lipinski definition) is 1. The largest absolute Gasteiger partial charge is 0.344 e. The normalized spacial score (nSPS) is 12.8. The third-order valence-electron chi connectivity index (χ3n) is 4.50. The highest BCUT2D eigenvalue weighted by Crippen LogP contribution is 2.15. The average Bonchev–Trinajstić information content (AvgIpc) is 2.65. The summed E-state index contributed by atoms with van der Waals surface area (Å²) in [5.41, 5.74) is 2.06. The second-order valence-electron chi connectivity index (χ2n) is 7.48. The molecule has 0 fully saturated rings. The van der Waals surface area contributed by atoms with Gasteiger partial charge in [-0.2, -0.15) is 4.72 Å². The number of amides is 1. The molecule has 152 valence electrons. The summed E-state index contributed by atoms with van der Waals surface area (Å²) < 4.78 is 28.1. The standard InChI is InChI=1S/C21H29N3O3S/c1-16(2)15-20(23-28(26,27)19-7-5-17(3)6-8-19)21(25)24(4)14-11-18-9-12-22-13-10-18/h5-10,12-13,16,20,23H,11,14-15H2,1-4H3/t20-/m0/s1. The number of benzene rings is 1. The van der Waals surface area contributed by atoms with Crippen molar-refractivity contribution in [3.05, 3.63) is 59.9 Å². The van der Waals surface area contributed by atoms with E-state index in [0.717, 1.165) is 11.1 Å². The van der Waals surface area contributed by atoms with Crippen LogP contribution in [0.4, 0.5) is 0 Å². The second kappa shape index (κ2) is 9.80. The molecule has 1 aromatic carbocycles. The molecular formula is C21H29N3O3S. The van der Waals surface area contributed by atoms with Gasteiger partial charge in [0, 0.05) is 26.0 Å². The number of hydrogen-bond acceptors (Lipinski definition) is 4.